The fraction of sp³-hybridized carbons (Fsp3) is 0.462. The molecule has 2 aromatic rings. The van der Waals surface area contributed by atoms with Gasteiger partial charge in [-0.25, -0.2) is 0 Å². The molecule has 2 amide bonds. The highest BCUT2D eigenvalue weighted by atomic mass is 16.5. The Morgan fingerprint density at radius 1 is 0.938 bits per heavy atom. The molecule has 2 aromatic carbocycles. The van der Waals surface area contributed by atoms with Gasteiger partial charge in [0.2, 0.25) is 0 Å². The van der Waals surface area contributed by atoms with Crippen LogP contribution < -0.4 is 4.74 Å². The maximum atomic E-state index is 13.0. The number of morpholine rings is 1. The first kappa shape index (κ1) is 22.3. The van der Waals surface area contributed by atoms with Crippen molar-refractivity contribution in [2.75, 3.05) is 39.5 Å². The Hall–Kier alpha value is -2.86. The van der Waals surface area contributed by atoms with Crippen molar-refractivity contribution in [1.29, 1.82) is 0 Å². The van der Waals surface area contributed by atoms with Crippen LogP contribution in [0.3, 0.4) is 0 Å². The van der Waals surface area contributed by atoms with Crippen LogP contribution in [0.15, 0.2) is 48.5 Å². The Morgan fingerprint density at radius 3 is 2.22 bits per heavy atom. The number of rotatable bonds is 6. The summed E-state index contributed by atoms with van der Waals surface area (Å²) in [6.45, 7) is 7.94. The predicted octanol–water partition coefficient (Wildman–Crippen LogP) is 3.97. The van der Waals surface area contributed by atoms with Gasteiger partial charge in [-0.05, 0) is 60.7 Å². The van der Waals surface area contributed by atoms with Gasteiger partial charge < -0.3 is 19.3 Å². The number of hydrogen-bond acceptors (Lipinski definition) is 4. The largest absolute Gasteiger partial charge is 0.491 e. The van der Waals surface area contributed by atoms with E-state index in [1.807, 2.05) is 46.2 Å². The van der Waals surface area contributed by atoms with Gasteiger partial charge in [0, 0.05) is 30.8 Å². The van der Waals surface area contributed by atoms with Gasteiger partial charge in [0.05, 0.1) is 19.3 Å². The molecule has 2 aliphatic heterocycles. The molecular weight excluding hydrogens is 404 g/mol. The smallest absolute Gasteiger partial charge is 0.254 e. The number of carbonyl (C=O) groups excluding carboxylic acids is 2. The molecule has 0 N–H and O–H groups in total. The molecule has 0 aliphatic carbocycles. The van der Waals surface area contributed by atoms with Crippen LogP contribution in [0.1, 0.15) is 58.9 Å². The van der Waals surface area contributed by atoms with E-state index < -0.39 is 0 Å². The third-order valence-electron chi connectivity index (χ3n) is 6.30. The van der Waals surface area contributed by atoms with Gasteiger partial charge >= 0.3 is 0 Å². The van der Waals surface area contributed by atoms with Crippen molar-refractivity contribution in [3.63, 3.8) is 0 Å². The van der Waals surface area contributed by atoms with E-state index in [1.54, 1.807) is 12.1 Å². The zero-order valence-electron chi connectivity index (χ0n) is 19.0. The first-order valence-electron chi connectivity index (χ1n) is 11.5. The van der Waals surface area contributed by atoms with Crippen molar-refractivity contribution in [3.05, 3.63) is 65.2 Å². The van der Waals surface area contributed by atoms with Crippen molar-refractivity contribution < 1.29 is 19.1 Å². The predicted molar refractivity (Wildman–Crippen MR) is 123 cm³/mol. The highest BCUT2D eigenvalue weighted by molar-refractivity contribution is 5.95. The summed E-state index contributed by atoms with van der Waals surface area (Å²) in [6, 6.07) is 15.3. The van der Waals surface area contributed by atoms with Crippen molar-refractivity contribution in [3.8, 4) is 5.75 Å². The van der Waals surface area contributed by atoms with E-state index in [-0.39, 0.29) is 17.9 Å². The lowest BCUT2D eigenvalue weighted by atomic mass is 10.0. The van der Waals surface area contributed by atoms with E-state index in [2.05, 4.69) is 13.8 Å². The van der Waals surface area contributed by atoms with Crippen LogP contribution in [-0.4, -0.2) is 67.1 Å². The zero-order chi connectivity index (χ0) is 22.5. The number of nitrogens with zero attached hydrogens (tertiary/aromatic N) is 2. The van der Waals surface area contributed by atoms with Gasteiger partial charge in [0.1, 0.15) is 12.4 Å². The maximum Gasteiger partial charge on any atom is 0.254 e. The highest BCUT2D eigenvalue weighted by Gasteiger charge is 2.30. The molecule has 0 spiro atoms. The summed E-state index contributed by atoms with van der Waals surface area (Å²) >= 11 is 0. The molecule has 32 heavy (non-hydrogen) atoms. The summed E-state index contributed by atoms with van der Waals surface area (Å²) < 4.78 is 11.3. The maximum absolute atomic E-state index is 13.0. The molecule has 0 unspecified atom stereocenters. The first-order chi connectivity index (χ1) is 15.5. The Kier molecular flexibility index (Phi) is 7.10. The van der Waals surface area contributed by atoms with Crippen LogP contribution in [0, 0.1) is 0 Å². The molecule has 6 heteroatoms. The molecular formula is C26H32N2O4. The van der Waals surface area contributed by atoms with Gasteiger partial charge in [0.25, 0.3) is 11.8 Å². The van der Waals surface area contributed by atoms with Crippen LogP contribution in [0.2, 0.25) is 0 Å². The van der Waals surface area contributed by atoms with Crippen molar-refractivity contribution in [1.82, 2.24) is 9.80 Å². The first-order valence-corrected chi connectivity index (χ1v) is 11.5. The summed E-state index contributed by atoms with van der Waals surface area (Å²) in [5.74, 6) is 1.25. The second-order valence-electron chi connectivity index (χ2n) is 8.81. The van der Waals surface area contributed by atoms with Crippen LogP contribution in [0.4, 0.5) is 0 Å². The third kappa shape index (κ3) is 5.13. The Labute approximate surface area is 190 Å². The average molecular weight is 437 g/mol. The normalized spacial score (nSPS) is 18.8. The minimum absolute atomic E-state index is 0.0240. The topological polar surface area (TPSA) is 59.1 Å². The monoisotopic (exact) mass is 436 g/mol. The van der Waals surface area contributed by atoms with Gasteiger partial charge in [-0.3, -0.25) is 9.59 Å². The zero-order valence-corrected chi connectivity index (χ0v) is 19.0. The second-order valence-corrected chi connectivity index (χ2v) is 8.81. The molecule has 4 rings (SSSR count). The molecule has 6 nitrogen and oxygen atoms in total. The minimum Gasteiger partial charge on any atom is -0.491 e. The van der Waals surface area contributed by atoms with Crippen molar-refractivity contribution in [2.45, 2.75) is 38.6 Å². The SMILES string of the molecule is CC(C)c1ccc(C(=O)N2CCC[C@@H]2COc2ccc(C(=O)N3CCOCC3)cc2)cc1. The van der Waals surface area contributed by atoms with Crippen molar-refractivity contribution in [2.24, 2.45) is 0 Å². The molecule has 0 bridgehead atoms. The molecule has 2 fully saturated rings. The Balaban J connectivity index is 1.33. The van der Waals surface area contributed by atoms with Crippen molar-refractivity contribution >= 4 is 11.8 Å². The van der Waals surface area contributed by atoms with Gasteiger partial charge in [-0.2, -0.15) is 0 Å². The molecule has 170 valence electrons. The van der Waals surface area contributed by atoms with E-state index in [4.69, 9.17) is 9.47 Å². The summed E-state index contributed by atoms with van der Waals surface area (Å²) in [6.07, 6.45) is 1.92. The van der Waals surface area contributed by atoms with E-state index in [1.165, 1.54) is 5.56 Å². The lowest BCUT2D eigenvalue weighted by Gasteiger charge is -2.27. The van der Waals surface area contributed by atoms with Gasteiger partial charge in [-0.15, -0.1) is 0 Å². The lowest BCUT2D eigenvalue weighted by molar-refractivity contribution is 0.0303. The summed E-state index contributed by atoms with van der Waals surface area (Å²) in [7, 11) is 0. The molecule has 1 atom stereocenters. The molecule has 2 heterocycles. The van der Waals surface area contributed by atoms with Gasteiger partial charge in [0.15, 0.2) is 0 Å². The van der Waals surface area contributed by atoms with Crippen LogP contribution >= 0.6 is 0 Å². The molecule has 0 radical (unpaired) electrons. The summed E-state index contributed by atoms with van der Waals surface area (Å²) in [5, 5.41) is 0. The molecule has 2 aliphatic rings. The van der Waals surface area contributed by atoms with Gasteiger partial charge in [-0.1, -0.05) is 26.0 Å². The molecule has 0 saturated carbocycles. The number of hydrogen-bond donors (Lipinski definition) is 0. The fourth-order valence-electron chi connectivity index (χ4n) is 4.29. The standard InChI is InChI=1S/C26H32N2O4/c1-19(2)20-5-7-22(8-6-20)26(30)28-13-3-4-23(28)18-32-24-11-9-21(10-12-24)25(29)27-14-16-31-17-15-27/h5-12,19,23H,3-4,13-18H2,1-2H3/t23-/m1/s1. The number of likely N-dealkylation sites (tertiary alicyclic amines) is 1. The van der Waals surface area contributed by atoms with Crippen LogP contribution in [-0.2, 0) is 4.74 Å². The van der Waals surface area contributed by atoms with E-state index in [9.17, 15) is 9.59 Å². The van der Waals surface area contributed by atoms with E-state index >= 15 is 0 Å². The van der Waals surface area contributed by atoms with E-state index in [0.717, 1.165) is 24.9 Å². The summed E-state index contributed by atoms with van der Waals surface area (Å²) in [4.78, 5) is 29.4. The van der Waals surface area contributed by atoms with Crippen LogP contribution in [0.5, 0.6) is 5.75 Å². The third-order valence-corrected chi connectivity index (χ3v) is 6.30. The quantitative estimate of drug-likeness (QED) is 0.688. The summed E-state index contributed by atoms with van der Waals surface area (Å²) in [5.41, 5.74) is 2.62. The number of amides is 2. The second kappa shape index (κ2) is 10.2. The fourth-order valence-corrected chi connectivity index (χ4v) is 4.29. The van der Waals surface area contributed by atoms with Crippen LogP contribution in [0.25, 0.3) is 0 Å². The number of ether oxygens (including phenoxy) is 2. The Morgan fingerprint density at radius 2 is 1.56 bits per heavy atom. The number of carbonyl (C=O) groups is 2. The Bertz CT molecular complexity index is 918. The highest BCUT2D eigenvalue weighted by Crippen LogP contribution is 2.23. The molecule has 0 aromatic heterocycles. The molecule has 2 saturated heterocycles. The van der Waals surface area contributed by atoms with E-state index in [0.29, 0.717) is 50.1 Å². The number of benzene rings is 2. The lowest BCUT2D eigenvalue weighted by Crippen LogP contribution is -2.40. The minimum atomic E-state index is 0.0240. The average Bonchev–Trinajstić information content (AvgIpc) is 3.31.